The molecular weight excluding hydrogens is 238 g/mol. The second kappa shape index (κ2) is 4.08. The summed E-state index contributed by atoms with van der Waals surface area (Å²) < 4.78 is 11.3. The summed E-state index contributed by atoms with van der Waals surface area (Å²) in [6.07, 6.45) is 0.894. The molecule has 0 N–H and O–H groups in total. The number of ether oxygens (including phenoxy) is 2. The summed E-state index contributed by atoms with van der Waals surface area (Å²) >= 11 is 6.21. The van der Waals surface area contributed by atoms with Crippen LogP contribution in [0.4, 0.5) is 0 Å². The molecule has 17 heavy (non-hydrogen) atoms. The largest absolute Gasteiger partial charge is 0.490 e. The Morgan fingerprint density at radius 2 is 1.82 bits per heavy atom. The summed E-state index contributed by atoms with van der Waals surface area (Å²) in [7, 11) is 0. The zero-order valence-electron chi connectivity index (χ0n) is 9.50. The van der Waals surface area contributed by atoms with E-state index in [1.54, 1.807) is 0 Å². The van der Waals surface area contributed by atoms with Crippen molar-refractivity contribution in [3.8, 4) is 11.5 Å². The normalized spacial score (nSPS) is 14.7. The smallest absolute Gasteiger partial charge is 0.163 e. The first-order valence-electron chi connectivity index (χ1n) is 5.60. The summed E-state index contributed by atoms with van der Waals surface area (Å²) in [6, 6.07) is 5.66. The molecule has 0 atom stereocenters. The van der Waals surface area contributed by atoms with Gasteiger partial charge in [0.15, 0.2) is 11.5 Å². The highest BCUT2D eigenvalue weighted by atomic mass is 35.5. The molecule has 0 amide bonds. The summed E-state index contributed by atoms with van der Waals surface area (Å²) in [5.74, 6) is 1.51. The van der Waals surface area contributed by atoms with Crippen molar-refractivity contribution in [2.24, 2.45) is 0 Å². The van der Waals surface area contributed by atoms with E-state index < -0.39 is 0 Å². The molecule has 0 saturated carbocycles. The maximum absolute atomic E-state index is 6.21. The number of fused-ring (bicyclic) bond motifs is 2. The minimum Gasteiger partial charge on any atom is -0.490 e. The van der Waals surface area contributed by atoms with E-state index in [2.05, 4.69) is 4.98 Å². The predicted molar refractivity (Wildman–Crippen MR) is 67.1 cm³/mol. The molecular formula is C13H12ClNO2. The van der Waals surface area contributed by atoms with E-state index in [4.69, 9.17) is 21.1 Å². The van der Waals surface area contributed by atoms with E-state index in [-0.39, 0.29) is 0 Å². The quantitative estimate of drug-likeness (QED) is 0.717. The minimum absolute atomic E-state index is 0.676. The molecule has 4 heteroatoms. The average Bonchev–Trinajstić information content (AvgIpc) is 2.51. The van der Waals surface area contributed by atoms with Gasteiger partial charge in [0.1, 0.15) is 0 Å². The van der Waals surface area contributed by atoms with Crippen molar-refractivity contribution in [2.45, 2.75) is 13.3 Å². The van der Waals surface area contributed by atoms with Crippen molar-refractivity contribution in [2.75, 3.05) is 13.2 Å². The lowest BCUT2D eigenvalue weighted by Gasteiger charge is -2.09. The van der Waals surface area contributed by atoms with E-state index in [0.29, 0.717) is 18.2 Å². The third kappa shape index (κ3) is 1.91. The van der Waals surface area contributed by atoms with Gasteiger partial charge in [-0.2, -0.15) is 0 Å². The monoisotopic (exact) mass is 249 g/mol. The van der Waals surface area contributed by atoms with Crippen molar-refractivity contribution in [3.63, 3.8) is 0 Å². The van der Waals surface area contributed by atoms with Crippen molar-refractivity contribution < 1.29 is 9.47 Å². The molecule has 2 aromatic rings. The fourth-order valence-electron chi connectivity index (χ4n) is 1.97. The number of aromatic nitrogens is 1. The molecule has 0 bridgehead atoms. The Morgan fingerprint density at radius 1 is 1.12 bits per heavy atom. The van der Waals surface area contributed by atoms with Crippen LogP contribution in [0.3, 0.4) is 0 Å². The standard InChI is InChI=1S/C13H12ClNO2/c1-8-5-10(14)9-6-12-13(7-11(9)15-8)17-4-2-3-16-12/h5-7H,2-4H2,1H3. The van der Waals surface area contributed by atoms with Crippen LogP contribution in [-0.4, -0.2) is 18.2 Å². The van der Waals surface area contributed by atoms with Crippen LogP contribution in [0.15, 0.2) is 18.2 Å². The number of hydrogen-bond acceptors (Lipinski definition) is 3. The second-order valence-electron chi connectivity index (χ2n) is 4.11. The fourth-order valence-corrected chi connectivity index (χ4v) is 2.27. The van der Waals surface area contributed by atoms with Gasteiger partial charge < -0.3 is 9.47 Å². The molecule has 0 saturated heterocycles. The zero-order valence-corrected chi connectivity index (χ0v) is 10.3. The van der Waals surface area contributed by atoms with Crippen LogP contribution in [-0.2, 0) is 0 Å². The number of benzene rings is 1. The predicted octanol–water partition coefficient (Wildman–Crippen LogP) is 3.36. The first-order valence-corrected chi connectivity index (χ1v) is 5.98. The van der Waals surface area contributed by atoms with Crippen molar-refractivity contribution in [1.29, 1.82) is 0 Å². The van der Waals surface area contributed by atoms with E-state index >= 15 is 0 Å². The minimum atomic E-state index is 0.676. The first-order chi connectivity index (χ1) is 8.24. The van der Waals surface area contributed by atoms with Crippen LogP contribution >= 0.6 is 11.6 Å². The highest BCUT2D eigenvalue weighted by molar-refractivity contribution is 6.35. The Morgan fingerprint density at radius 3 is 2.59 bits per heavy atom. The lowest BCUT2D eigenvalue weighted by Crippen LogP contribution is -1.97. The van der Waals surface area contributed by atoms with Crippen LogP contribution < -0.4 is 9.47 Å². The molecule has 1 aliphatic heterocycles. The van der Waals surface area contributed by atoms with Crippen LogP contribution in [0.25, 0.3) is 10.9 Å². The maximum Gasteiger partial charge on any atom is 0.163 e. The molecule has 1 aliphatic rings. The number of aryl methyl sites for hydroxylation is 1. The molecule has 0 fully saturated rings. The van der Waals surface area contributed by atoms with Gasteiger partial charge in [-0.25, -0.2) is 0 Å². The van der Waals surface area contributed by atoms with Gasteiger partial charge in [-0.05, 0) is 19.1 Å². The summed E-state index contributed by atoms with van der Waals surface area (Å²) in [6.45, 7) is 3.28. The van der Waals surface area contributed by atoms with Gasteiger partial charge in [0, 0.05) is 23.6 Å². The molecule has 0 radical (unpaired) electrons. The SMILES string of the molecule is Cc1cc(Cl)c2cc3c(cc2n1)OCCCO3. The highest BCUT2D eigenvalue weighted by Crippen LogP contribution is 2.36. The van der Waals surface area contributed by atoms with Gasteiger partial charge in [0.2, 0.25) is 0 Å². The maximum atomic E-state index is 6.21. The molecule has 3 nitrogen and oxygen atoms in total. The second-order valence-corrected chi connectivity index (χ2v) is 4.52. The van der Waals surface area contributed by atoms with Crippen LogP contribution in [0.5, 0.6) is 11.5 Å². The van der Waals surface area contributed by atoms with Crippen LogP contribution in [0.1, 0.15) is 12.1 Å². The average molecular weight is 250 g/mol. The highest BCUT2D eigenvalue weighted by Gasteiger charge is 2.13. The topological polar surface area (TPSA) is 31.4 Å². The summed E-state index contributed by atoms with van der Waals surface area (Å²) in [4.78, 5) is 4.46. The van der Waals surface area contributed by atoms with Crippen molar-refractivity contribution in [1.82, 2.24) is 4.98 Å². The molecule has 0 unspecified atom stereocenters. The Kier molecular flexibility index (Phi) is 2.56. The number of hydrogen-bond donors (Lipinski definition) is 0. The molecule has 88 valence electrons. The number of halogens is 1. The van der Waals surface area contributed by atoms with Gasteiger partial charge in [-0.1, -0.05) is 11.6 Å². The first kappa shape index (κ1) is 10.7. The van der Waals surface area contributed by atoms with Gasteiger partial charge in [0.05, 0.1) is 23.8 Å². The third-order valence-corrected chi connectivity index (χ3v) is 3.07. The molecule has 1 aromatic carbocycles. The number of rotatable bonds is 0. The lowest BCUT2D eigenvalue weighted by molar-refractivity contribution is 0.297. The molecule has 0 spiro atoms. The molecule has 0 aliphatic carbocycles. The number of pyridine rings is 1. The van der Waals surface area contributed by atoms with E-state index in [1.165, 1.54) is 0 Å². The van der Waals surface area contributed by atoms with Crippen LogP contribution in [0, 0.1) is 6.92 Å². The summed E-state index contributed by atoms with van der Waals surface area (Å²) in [5, 5.41) is 1.60. The van der Waals surface area contributed by atoms with Gasteiger partial charge in [-0.15, -0.1) is 0 Å². The molecule has 2 heterocycles. The fraction of sp³-hybridized carbons (Fsp3) is 0.308. The Balaban J connectivity index is 2.25. The number of nitrogens with zero attached hydrogens (tertiary/aromatic N) is 1. The summed E-state index contributed by atoms with van der Waals surface area (Å²) in [5.41, 5.74) is 1.75. The Bertz CT molecular complexity index is 583. The van der Waals surface area contributed by atoms with Gasteiger partial charge in [0.25, 0.3) is 0 Å². The Hall–Kier alpha value is -1.48. The van der Waals surface area contributed by atoms with Gasteiger partial charge >= 0.3 is 0 Å². The van der Waals surface area contributed by atoms with Crippen molar-refractivity contribution >= 4 is 22.5 Å². The lowest BCUT2D eigenvalue weighted by atomic mass is 10.2. The van der Waals surface area contributed by atoms with Crippen molar-refractivity contribution in [3.05, 3.63) is 28.9 Å². The van der Waals surface area contributed by atoms with E-state index in [1.807, 2.05) is 25.1 Å². The van der Waals surface area contributed by atoms with Gasteiger partial charge in [-0.3, -0.25) is 4.98 Å². The third-order valence-electron chi connectivity index (χ3n) is 2.76. The zero-order chi connectivity index (χ0) is 11.8. The van der Waals surface area contributed by atoms with E-state index in [9.17, 15) is 0 Å². The molecule has 1 aromatic heterocycles. The van der Waals surface area contributed by atoms with E-state index in [0.717, 1.165) is 34.5 Å². The molecule has 3 rings (SSSR count). The van der Waals surface area contributed by atoms with Crippen LogP contribution in [0.2, 0.25) is 5.02 Å². The Labute approximate surface area is 104 Å².